The molecule has 0 N–H and O–H groups in total. The summed E-state index contributed by atoms with van der Waals surface area (Å²) in [5.74, 6) is -0.948. The Morgan fingerprint density at radius 3 is 2.52 bits per heavy atom. The van der Waals surface area contributed by atoms with Crippen LogP contribution in [-0.2, 0) is 0 Å². The number of anilines is 1. The zero-order chi connectivity index (χ0) is 18.0. The molecular weight excluding hydrogens is 330 g/mol. The van der Waals surface area contributed by atoms with E-state index in [0.717, 1.165) is 0 Å². The molecule has 0 atom stereocenters. The summed E-state index contributed by atoms with van der Waals surface area (Å²) < 4.78 is 32.8. The molecule has 25 heavy (non-hydrogen) atoms. The fourth-order valence-electron chi connectivity index (χ4n) is 2.77. The molecule has 8 heteroatoms. The van der Waals surface area contributed by atoms with Crippen molar-refractivity contribution < 1.29 is 18.3 Å². The number of methoxy groups -OCH3 is 1. The summed E-state index contributed by atoms with van der Waals surface area (Å²) in [4.78, 5) is 23.7. The number of hydrogen-bond acceptors (Lipinski definition) is 5. The first-order valence-corrected chi connectivity index (χ1v) is 7.86. The Morgan fingerprint density at radius 2 is 1.88 bits per heavy atom. The summed E-state index contributed by atoms with van der Waals surface area (Å²) in [6.45, 7) is 3.26. The van der Waals surface area contributed by atoms with Crippen LogP contribution in [-0.4, -0.2) is 54.1 Å². The van der Waals surface area contributed by atoms with Crippen LogP contribution in [0.2, 0.25) is 0 Å². The number of aromatic nitrogens is 2. The van der Waals surface area contributed by atoms with E-state index in [1.165, 1.54) is 31.6 Å². The van der Waals surface area contributed by atoms with Crippen LogP contribution in [0.3, 0.4) is 0 Å². The molecule has 2 aromatic rings. The van der Waals surface area contributed by atoms with Crippen molar-refractivity contribution in [1.82, 2.24) is 14.9 Å². The first kappa shape index (κ1) is 17.1. The van der Waals surface area contributed by atoms with Crippen molar-refractivity contribution in [1.29, 1.82) is 0 Å². The second-order valence-corrected chi connectivity index (χ2v) is 5.73. The Morgan fingerprint density at radius 1 is 1.16 bits per heavy atom. The largest absolute Gasteiger partial charge is 0.494 e. The van der Waals surface area contributed by atoms with Crippen molar-refractivity contribution in [3.8, 4) is 5.75 Å². The number of carbonyl (C=O) groups is 1. The van der Waals surface area contributed by atoms with E-state index in [1.807, 2.05) is 0 Å². The number of aryl methyl sites for hydroxylation is 1. The number of nitrogens with zero attached hydrogens (tertiary/aromatic N) is 4. The quantitative estimate of drug-likeness (QED) is 0.850. The molecule has 2 heterocycles. The lowest BCUT2D eigenvalue weighted by molar-refractivity contribution is 0.0745. The predicted octanol–water partition coefficient (Wildman–Crippen LogP) is 2.03. The Bertz CT molecular complexity index is 792. The Kier molecular flexibility index (Phi) is 4.78. The van der Waals surface area contributed by atoms with Crippen LogP contribution < -0.4 is 9.64 Å². The highest BCUT2D eigenvalue weighted by Crippen LogP contribution is 2.21. The summed E-state index contributed by atoms with van der Waals surface area (Å²) in [5, 5.41) is 0. The Labute approximate surface area is 144 Å². The van der Waals surface area contributed by atoms with E-state index >= 15 is 0 Å². The molecule has 0 saturated carbocycles. The summed E-state index contributed by atoms with van der Waals surface area (Å²) in [6.07, 6.45) is 1.32. The zero-order valence-electron chi connectivity index (χ0n) is 14.0. The van der Waals surface area contributed by atoms with Crippen LogP contribution in [0.5, 0.6) is 5.75 Å². The van der Waals surface area contributed by atoms with Gasteiger partial charge >= 0.3 is 0 Å². The van der Waals surface area contributed by atoms with Crippen LogP contribution in [0, 0.1) is 18.6 Å². The molecule has 1 aliphatic heterocycles. The molecule has 0 spiro atoms. The lowest BCUT2D eigenvalue weighted by Crippen LogP contribution is -2.49. The number of piperazine rings is 1. The Hall–Kier alpha value is -2.77. The fraction of sp³-hybridized carbons (Fsp3) is 0.353. The third kappa shape index (κ3) is 3.38. The molecular formula is C17H18F2N4O2. The van der Waals surface area contributed by atoms with Gasteiger partial charge in [-0.2, -0.15) is 0 Å². The molecule has 132 valence electrons. The van der Waals surface area contributed by atoms with E-state index in [-0.39, 0.29) is 28.7 Å². The lowest BCUT2D eigenvalue weighted by atomic mass is 10.1. The SMILES string of the molecule is COc1ccc(C(=O)N2CCN(c3ncnc(C)c3F)CC2)cc1F. The first-order valence-electron chi connectivity index (χ1n) is 7.86. The summed E-state index contributed by atoms with van der Waals surface area (Å²) in [6, 6.07) is 4.13. The molecule has 1 aliphatic rings. The number of halogens is 2. The lowest BCUT2D eigenvalue weighted by Gasteiger charge is -2.35. The van der Waals surface area contributed by atoms with Crippen LogP contribution in [0.1, 0.15) is 16.1 Å². The highest BCUT2D eigenvalue weighted by Gasteiger charge is 2.25. The van der Waals surface area contributed by atoms with Crippen molar-refractivity contribution in [2.24, 2.45) is 0 Å². The molecule has 1 aromatic heterocycles. The van der Waals surface area contributed by atoms with E-state index in [1.54, 1.807) is 16.7 Å². The fourth-order valence-corrected chi connectivity index (χ4v) is 2.77. The molecule has 1 saturated heterocycles. The zero-order valence-corrected chi connectivity index (χ0v) is 14.0. The predicted molar refractivity (Wildman–Crippen MR) is 87.8 cm³/mol. The number of benzene rings is 1. The van der Waals surface area contributed by atoms with Gasteiger partial charge in [0.15, 0.2) is 23.2 Å². The van der Waals surface area contributed by atoms with Crippen molar-refractivity contribution in [3.05, 3.63) is 47.4 Å². The summed E-state index contributed by atoms with van der Waals surface area (Å²) in [7, 11) is 1.37. The highest BCUT2D eigenvalue weighted by molar-refractivity contribution is 5.94. The molecule has 1 aromatic carbocycles. The van der Waals surface area contributed by atoms with Crippen molar-refractivity contribution in [3.63, 3.8) is 0 Å². The van der Waals surface area contributed by atoms with Crippen LogP contribution in [0.4, 0.5) is 14.6 Å². The van der Waals surface area contributed by atoms with Crippen LogP contribution >= 0.6 is 0 Å². The molecule has 1 fully saturated rings. The monoisotopic (exact) mass is 348 g/mol. The molecule has 6 nitrogen and oxygen atoms in total. The second-order valence-electron chi connectivity index (χ2n) is 5.73. The highest BCUT2D eigenvalue weighted by atomic mass is 19.1. The third-order valence-corrected chi connectivity index (χ3v) is 4.21. The van der Waals surface area contributed by atoms with E-state index in [9.17, 15) is 13.6 Å². The van der Waals surface area contributed by atoms with Gasteiger partial charge < -0.3 is 14.5 Å². The van der Waals surface area contributed by atoms with Gasteiger partial charge in [-0.25, -0.2) is 18.7 Å². The van der Waals surface area contributed by atoms with Gasteiger partial charge in [-0.3, -0.25) is 4.79 Å². The number of ether oxygens (including phenoxy) is 1. The van der Waals surface area contributed by atoms with E-state index < -0.39 is 11.6 Å². The van der Waals surface area contributed by atoms with Gasteiger partial charge in [0.1, 0.15) is 6.33 Å². The van der Waals surface area contributed by atoms with Gasteiger partial charge in [0, 0.05) is 31.7 Å². The normalized spacial score (nSPS) is 14.6. The van der Waals surface area contributed by atoms with Gasteiger partial charge in [0.2, 0.25) is 0 Å². The number of rotatable bonds is 3. The average molecular weight is 348 g/mol. The second kappa shape index (κ2) is 7.00. The summed E-state index contributed by atoms with van der Waals surface area (Å²) >= 11 is 0. The Balaban J connectivity index is 1.68. The van der Waals surface area contributed by atoms with Gasteiger partial charge in [0.05, 0.1) is 12.8 Å². The topological polar surface area (TPSA) is 58.6 Å². The molecule has 0 radical (unpaired) electrons. The van der Waals surface area contributed by atoms with Crippen molar-refractivity contribution in [2.75, 3.05) is 38.2 Å². The van der Waals surface area contributed by atoms with E-state index in [4.69, 9.17) is 4.74 Å². The molecule has 3 rings (SSSR count). The minimum atomic E-state index is -0.578. The van der Waals surface area contributed by atoms with Gasteiger partial charge in [0.25, 0.3) is 5.91 Å². The molecule has 1 amide bonds. The number of carbonyl (C=O) groups excluding carboxylic acids is 1. The van der Waals surface area contributed by atoms with Gasteiger partial charge in [-0.15, -0.1) is 0 Å². The smallest absolute Gasteiger partial charge is 0.254 e. The van der Waals surface area contributed by atoms with Crippen LogP contribution in [0.25, 0.3) is 0 Å². The average Bonchev–Trinajstić information content (AvgIpc) is 2.63. The van der Waals surface area contributed by atoms with Crippen LogP contribution in [0.15, 0.2) is 24.5 Å². The number of hydrogen-bond donors (Lipinski definition) is 0. The molecule has 0 unspecified atom stereocenters. The maximum atomic E-state index is 14.1. The maximum absolute atomic E-state index is 14.1. The van der Waals surface area contributed by atoms with Gasteiger partial charge in [-0.1, -0.05) is 0 Å². The van der Waals surface area contributed by atoms with Gasteiger partial charge in [-0.05, 0) is 25.1 Å². The molecule has 0 bridgehead atoms. The van der Waals surface area contributed by atoms with Crippen molar-refractivity contribution >= 4 is 11.7 Å². The molecule has 0 aliphatic carbocycles. The van der Waals surface area contributed by atoms with E-state index in [2.05, 4.69) is 9.97 Å². The number of amides is 1. The first-order chi connectivity index (χ1) is 12.0. The maximum Gasteiger partial charge on any atom is 0.254 e. The standard InChI is InChI=1S/C17H18F2N4O2/c1-11-15(19)16(21-10-20-11)22-5-7-23(8-6-22)17(24)12-3-4-14(25-2)13(18)9-12/h3-4,9-10H,5-8H2,1-2H3. The minimum Gasteiger partial charge on any atom is -0.494 e. The van der Waals surface area contributed by atoms with Crippen molar-refractivity contribution in [2.45, 2.75) is 6.92 Å². The minimum absolute atomic E-state index is 0.0935. The van der Waals surface area contributed by atoms with E-state index in [0.29, 0.717) is 26.2 Å². The summed E-state index contributed by atoms with van der Waals surface area (Å²) in [5.41, 5.74) is 0.549. The third-order valence-electron chi connectivity index (χ3n) is 4.21.